The van der Waals surface area contributed by atoms with Crippen LogP contribution in [0.15, 0.2) is 42.5 Å². The zero-order valence-electron chi connectivity index (χ0n) is 16.7. The topological polar surface area (TPSA) is 76.7 Å². The number of rotatable bonds is 9. The molecule has 0 radical (unpaired) electrons. The van der Waals surface area contributed by atoms with Crippen molar-refractivity contribution >= 4 is 17.5 Å². The lowest BCUT2D eigenvalue weighted by Crippen LogP contribution is -2.36. The molecule has 6 nitrogen and oxygen atoms in total. The Hall–Kier alpha value is -3.02. The Kier molecular flexibility index (Phi) is 8.34. The maximum Gasteiger partial charge on any atom is 0.313 e. The van der Waals surface area contributed by atoms with E-state index in [0.29, 0.717) is 43.4 Å². The number of nitrogens with one attached hydrogen (secondary N) is 2. The van der Waals surface area contributed by atoms with Crippen LogP contribution in [0.5, 0.6) is 11.5 Å². The molecule has 0 aliphatic rings. The molecule has 0 atom stereocenters. The number of carbonyl (C=O) groups is 2. The maximum atomic E-state index is 12.1. The van der Waals surface area contributed by atoms with Gasteiger partial charge in [0.25, 0.3) is 0 Å². The molecule has 0 spiro atoms. The van der Waals surface area contributed by atoms with Gasteiger partial charge in [-0.1, -0.05) is 31.2 Å². The third-order valence-electron chi connectivity index (χ3n) is 4.16. The number of anilines is 1. The number of hydrogen-bond donors (Lipinski definition) is 2. The predicted molar refractivity (Wildman–Crippen MR) is 110 cm³/mol. The van der Waals surface area contributed by atoms with Gasteiger partial charge >= 0.3 is 11.8 Å². The molecule has 2 N–H and O–H groups in total. The number of amides is 2. The summed E-state index contributed by atoms with van der Waals surface area (Å²) in [4.78, 5) is 24.2. The van der Waals surface area contributed by atoms with Crippen LogP contribution in [0.4, 0.5) is 5.69 Å². The first-order valence-corrected chi connectivity index (χ1v) is 9.64. The molecule has 2 rings (SSSR count). The zero-order chi connectivity index (χ0) is 20.4. The molecule has 0 aliphatic heterocycles. The Morgan fingerprint density at radius 2 is 1.61 bits per heavy atom. The largest absolute Gasteiger partial charge is 0.490 e. The molecule has 0 unspecified atom stereocenters. The van der Waals surface area contributed by atoms with E-state index in [1.807, 2.05) is 57.2 Å². The Morgan fingerprint density at radius 1 is 0.893 bits per heavy atom. The van der Waals surface area contributed by atoms with Crippen LogP contribution in [0.2, 0.25) is 0 Å². The van der Waals surface area contributed by atoms with Crippen LogP contribution in [0.25, 0.3) is 0 Å². The standard InChI is InChI=1S/C22H28N2O4/c1-4-17-9-7-8-10-18(17)24-22(26)21(25)23-14-13-16-11-12-19(27-5-2)20(15-16)28-6-3/h7-12,15H,4-6,13-14H2,1-3H3,(H,23,25)(H,24,26). The molecular formula is C22H28N2O4. The van der Waals surface area contributed by atoms with E-state index in [0.717, 1.165) is 17.5 Å². The minimum absolute atomic E-state index is 0.348. The van der Waals surface area contributed by atoms with Gasteiger partial charge in [-0.25, -0.2) is 0 Å². The summed E-state index contributed by atoms with van der Waals surface area (Å²) in [5.74, 6) is 0.0673. The van der Waals surface area contributed by atoms with Crippen LogP contribution in [0, 0.1) is 0 Å². The normalized spacial score (nSPS) is 10.2. The van der Waals surface area contributed by atoms with Gasteiger partial charge < -0.3 is 20.1 Å². The summed E-state index contributed by atoms with van der Waals surface area (Å²) in [7, 11) is 0. The second-order valence-corrected chi connectivity index (χ2v) is 6.12. The van der Waals surface area contributed by atoms with E-state index in [-0.39, 0.29) is 0 Å². The second kappa shape index (κ2) is 11.0. The summed E-state index contributed by atoms with van der Waals surface area (Å²) < 4.78 is 11.2. The molecule has 28 heavy (non-hydrogen) atoms. The maximum absolute atomic E-state index is 12.1. The third-order valence-corrected chi connectivity index (χ3v) is 4.16. The van der Waals surface area contributed by atoms with Crippen molar-refractivity contribution in [1.82, 2.24) is 5.32 Å². The molecular weight excluding hydrogens is 356 g/mol. The molecule has 0 heterocycles. The summed E-state index contributed by atoms with van der Waals surface area (Å²) in [5.41, 5.74) is 2.64. The first-order valence-electron chi connectivity index (χ1n) is 9.64. The van der Waals surface area contributed by atoms with Gasteiger partial charge in [-0.15, -0.1) is 0 Å². The van der Waals surface area contributed by atoms with Gasteiger partial charge in [-0.05, 0) is 56.0 Å². The molecule has 2 aromatic rings. The third kappa shape index (κ3) is 6.01. The quantitative estimate of drug-likeness (QED) is 0.650. The number of ether oxygens (including phenoxy) is 2. The van der Waals surface area contributed by atoms with Crippen LogP contribution in [0.1, 0.15) is 31.9 Å². The Labute approximate surface area is 166 Å². The molecule has 150 valence electrons. The van der Waals surface area contributed by atoms with E-state index in [9.17, 15) is 9.59 Å². The van der Waals surface area contributed by atoms with Gasteiger partial charge in [-0.2, -0.15) is 0 Å². The molecule has 0 saturated carbocycles. The smallest absolute Gasteiger partial charge is 0.313 e. The highest BCUT2D eigenvalue weighted by Gasteiger charge is 2.14. The fourth-order valence-electron chi connectivity index (χ4n) is 2.78. The number of benzene rings is 2. The van der Waals surface area contributed by atoms with Gasteiger partial charge in [0, 0.05) is 12.2 Å². The first-order chi connectivity index (χ1) is 13.6. The molecule has 0 fully saturated rings. The second-order valence-electron chi connectivity index (χ2n) is 6.12. The summed E-state index contributed by atoms with van der Waals surface area (Å²) in [6.07, 6.45) is 1.36. The zero-order valence-corrected chi connectivity index (χ0v) is 16.7. The molecule has 0 aromatic heterocycles. The monoisotopic (exact) mass is 384 g/mol. The highest BCUT2D eigenvalue weighted by molar-refractivity contribution is 6.39. The van der Waals surface area contributed by atoms with Gasteiger partial charge in [-0.3, -0.25) is 9.59 Å². The lowest BCUT2D eigenvalue weighted by molar-refractivity contribution is -0.136. The van der Waals surface area contributed by atoms with E-state index in [1.165, 1.54) is 0 Å². The molecule has 0 bridgehead atoms. The van der Waals surface area contributed by atoms with Crippen LogP contribution >= 0.6 is 0 Å². The van der Waals surface area contributed by atoms with E-state index in [1.54, 1.807) is 6.07 Å². The van der Waals surface area contributed by atoms with Crippen molar-refractivity contribution in [1.29, 1.82) is 0 Å². The summed E-state index contributed by atoms with van der Waals surface area (Å²) in [6.45, 7) is 7.28. The minimum Gasteiger partial charge on any atom is -0.490 e. The molecule has 2 aromatic carbocycles. The van der Waals surface area contributed by atoms with E-state index in [2.05, 4.69) is 10.6 Å². The van der Waals surface area contributed by atoms with Crippen molar-refractivity contribution in [2.24, 2.45) is 0 Å². The van der Waals surface area contributed by atoms with Crippen molar-refractivity contribution in [3.63, 3.8) is 0 Å². The molecule has 0 aliphatic carbocycles. The van der Waals surface area contributed by atoms with E-state index < -0.39 is 11.8 Å². The van der Waals surface area contributed by atoms with Crippen molar-refractivity contribution in [2.75, 3.05) is 25.1 Å². The Morgan fingerprint density at radius 3 is 2.32 bits per heavy atom. The average Bonchev–Trinajstić information content (AvgIpc) is 2.70. The van der Waals surface area contributed by atoms with Gasteiger partial charge in [0.1, 0.15) is 0 Å². The lowest BCUT2D eigenvalue weighted by atomic mass is 10.1. The van der Waals surface area contributed by atoms with Crippen molar-refractivity contribution in [2.45, 2.75) is 33.6 Å². The first kappa shape index (κ1) is 21.3. The SMILES string of the molecule is CCOc1ccc(CCNC(=O)C(=O)Nc2ccccc2CC)cc1OCC. The Balaban J connectivity index is 1.89. The Bertz CT molecular complexity index is 805. The van der Waals surface area contributed by atoms with Crippen molar-refractivity contribution < 1.29 is 19.1 Å². The van der Waals surface area contributed by atoms with Crippen LogP contribution in [0.3, 0.4) is 0 Å². The van der Waals surface area contributed by atoms with E-state index in [4.69, 9.17) is 9.47 Å². The lowest BCUT2D eigenvalue weighted by Gasteiger charge is -2.13. The van der Waals surface area contributed by atoms with Gasteiger partial charge in [0.05, 0.1) is 13.2 Å². The molecule has 2 amide bonds. The number of para-hydroxylation sites is 1. The predicted octanol–water partition coefficient (Wildman–Crippen LogP) is 3.34. The minimum atomic E-state index is -0.664. The molecule has 6 heteroatoms. The highest BCUT2D eigenvalue weighted by atomic mass is 16.5. The van der Waals surface area contributed by atoms with Gasteiger partial charge in [0.15, 0.2) is 11.5 Å². The van der Waals surface area contributed by atoms with Crippen LogP contribution in [-0.4, -0.2) is 31.6 Å². The van der Waals surface area contributed by atoms with Crippen LogP contribution < -0.4 is 20.1 Å². The summed E-state index contributed by atoms with van der Waals surface area (Å²) in [6, 6.07) is 13.1. The van der Waals surface area contributed by atoms with Crippen LogP contribution in [-0.2, 0) is 22.4 Å². The number of carbonyl (C=O) groups excluding carboxylic acids is 2. The average molecular weight is 384 g/mol. The summed E-state index contributed by atoms with van der Waals surface area (Å²) in [5, 5.41) is 5.33. The number of hydrogen-bond acceptors (Lipinski definition) is 4. The number of aryl methyl sites for hydroxylation is 1. The highest BCUT2D eigenvalue weighted by Crippen LogP contribution is 2.28. The van der Waals surface area contributed by atoms with Crippen molar-refractivity contribution in [3.05, 3.63) is 53.6 Å². The summed E-state index contributed by atoms with van der Waals surface area (Å²) >= 11 is 0. The van der Waals surface area contributed by atoms with Gasteiger partial charge in [0.2, 0.25) is 0 Å². The van der Waals surface area contributed by atoms with E-state index >= 15 is 0 Å². The fourth-order valence-corrected chi connectivity index (χ4v) is 2.78. The fraction of sp³-hybridized carbons (Fsp3) is 0.364. The molecule has 0 saturated heterocycles. The van der Waals surface area contributed by atoms with Crippen molar-refractivity contribution in [3.8, 4) is 11.5 Å².